The minimum atomic E-state index is -1.06. The topological polar surface area (TPSA) is 87.1 Å². The molecule has 6 heteroatoms. The molecule has 0 aliphatic heterocycles. The molecular formula is C12H15NO5. The Hall–Kier alpha value is -2.08. The molecule has 0 heterocycles. The molecule has 1 rings (SSSR count). The van der Waals surface area contributed by atoms with Crippen molar-refractivity contribution >= 4 is 11.9 Å². The van der Waals surface area contributed by atoms with Crippen LogP contribution in [0, 0.1) is 0 Å². The van der Waals surface area contributed by atoms with E-state index in [-0.39, 0.29) is 26.2 Å². The summed E-state index contributed by atoms with van der Waals surface area (Å²) in [5, 5.41) is 17.3. The highest BCUT2D eigenvalue weighted by atomic mass is 16.5. The minimum Gasteiger partial charge on any atom is -0.492 e. The maximum atomic E-state index is 10.5. The molecule has 0 radical (unpaired) electrons. The summed E-state index contributed by atoms with van der Waals surface area (Å²) in [5.41, 5.74) is 0. The number of ether oxygens (including phenoxy) is 1. The SMILES string of the molecule is O=C(O)CN(CCOc1ccccc1)CC(=O)O. The molecule has 2 N–H and O–H groups in total. The molecule has 6 nitrogen and oxygen atoms in total. The van der Waals surface area contributed by atoms with Crippen molar-refractivity contribution in [2.45, 2.75) is 0 Å². The average Bonchev–Trinajstić information content (AvgIpc) is 2.28. The van der Waals surface area contributed by atoms with E-state index >= 15 is 0 Å². The molecule has 0 bridgehead atoms. The van der Waals surface area contributed by atoms with E-state index in [1.165, 1.54) is 4.90 Å². The van der Waals surface area contributed by atoms with Gasteiger partial charge in [-0.3, -0.25) is 14.5 Å². The molecule has 98 valence electrons. The summed E-state index contributed by atoms with van der Waals surface area (Å²) in [6.07, 6.45) is 0. The van der Waals surface area contributed by atoms with Crippen molar-refractivity contribution in [2.24, 2.45) is 0 Å². The number of carboxylic acids is 2. The van der Waals surface area contributed by atoms with E-state index in [0.29, 0.717) is 5.75 Å². The normalized spacial score (nSPS) is 10.3. The van der Waals surface area contributed by atoms with E-state index in [0.717, 1.165) is 0 Å². The van der Waals surface area contributed by atoms with Gasteiger partial charge >= 0.3 is 11.9 Å². The van der Waals surface area contributed by atoms with Gasteiger partial charge in [-0.15, -0.1) is 0 Å². The molecule has 1 aromatic rings. The van der Waals surface area contributed by atoms with Gasteiger partial charge in [0.25, 0.3) is 0 Å². The third-order valence-corrected chi connectivity index (χ3v) is 2.14. The van der Waals surface area contributed by atoms with Crippen LogP contribution in [0.3, 0.4) is 0 Å². The monoisotopic (exact) mass is 253 g/mol. The second-order valence-corrected chi connectivity index (χ2v) is 3.66. The van der Waals surface area contributed by atoms with E-state index in [1.807, 2.05) is 18.2 Å². The Morgan fingerprint density at radius 1 is 1.06 bits per heavy atom. The van der Waals surface area contributed by atoms with Crippen molar-refractivity contribution < 1.29 is 24.5 Å². The molecule has 0 unspecified atom stereocenters. The predicted molar refractivity (Wildman–Crippen MR) is 63.6 cm³/mol. The molecule has 0 spiro atoms. The first kappa shape index (κ1) is 14.0. The Kier molecular flexibility index (Phi) is 5.66. The number of nitrogens with zero attached hydrogens (tertiary/aromatic N) is 1. The van der Waals surface area contributed by atoms with E-state index in [2.05, 4.69) is 0 Å². The molecule has 18 heavy (non-hydrogen) atoms. The number of rotatable bonds is 8. The Morgan fingerprint density at radius 3 is 2.11 bits per heavy atom. The molecule has 0 saturated carbocycles. The Morgan fingerprint density at radius 2 is 1.61 bits per heavy atom. The van der Waals surface area contributed by atoms with Crippen LogP contribution in [0.4, 0.5) is 0 Å². The lowest BCUT2D eigenvalue weighted by Crippen LogP contribution is -2.37. The van der Waals surface area contributed by atoms with E-state index in [4.69, 9.17) is 14.9 Å². The zero-order chi connectivity index (χ0) is 13.4. The fourth-order valence-electron chi connectivity index (χ4n) is 1.41. The van der Waals surface area contributed by atoms with Crippen LogP contribution in [0.2, 0.25) is 0 Å². The summed E-state index contributed by atoms with van der Waals surface area (Å²) < 4.78 is 5.37. The lowest BCUT2D eigenvalue weighted by atomic mass is 10.3. The molecule has 0 fully saturated rings. The molecule has 0 aliphatic rings. The van der Waals surface area contributed by atoms with Crippen LogP contribution >= 0.6 is 0 Å². The standard InChI is InChI=1S/C12H15NO5/c14-11(15)8-13(9-12(16)17)6-7-18-10-4-2-1-3-5-10/h1-5H,6-9H2,(H,14,15)(H,16,17). The Balaban J connectivity index is 2.37. The predicted octanol–water partition coefficient (Wildman–Crippen LogP) is 0.537. The highest BCUT2D eigenvalue weighted by Crippen LogP contribution is 2.07. The van der Waals surface area contributed by atoms with Crippen LogP contribution in [0.1, 0.15) is 0 Å². The summed E-state index contributed by atoms with van der Waals surface area (Å²) in [6.45, 7) is -0.146. The third-order valence-electron chi connectivity index (χ3n) is 2.14. The highest BCUT2D eigenvalue weighted by molar-refractivity contribution is 5.72. The third kappa shape index (κ3) is 5.86. The highest BCUT2D eigenvalue weighted by Gasteiger charge is 2.13. The van der Waals surface area contributed by atoms with Crippen molar-refractivity contribution in [2.75, 3.05) is 26.2 Å². The van der Waals surface area contributed by atoms with Crippen molar-refractivity contribution in [3.05, 3.63) is 30.3 Å². The van der Waals surface area contributed by atoms with Crippen LogP contribution in [0.5, 0.6) is 5.75 Å². The van der Waals surface area contributed by atoms with Crippen molar-refractivity contribution in [1.29, 1.82) is 0 Å². The van der Waals surface area contributed by atoms with Gasteiger partial charge in [-0.2, -0.15) is 0 Å². The molecule has 0 atom stereocenters. The number of carboxylic acid groups (broad SMARTS) is 2. The van der Waals surface area contributed by atoms with Gasteiger partial charge in [0.1, 0.15) is 12.4 Å². The van der Waals surface area contributed by atoms with Crippen molar-refractivity contribution in [3.8, 4) is 5.75 Å². The zero-order valence-electron chi connectivity index (χ0n) is 9.78. The van der Waals surface area contributed by atoms with Gasteiger partial charge in [0.05, 0.1) is 13.1 Å². The summed E-state index contributed by atoms with van der Waals surface area (Å²) in [7, 11) is 0. The number of para-hydroxylation sites is 1. The number of carbonyl (C=O) groups is 2. The fraction of sp³-hybridized carbons (Fsp3) is 0.333. The summed E-state index contributed by atoms with van der Waals surface area (Å²) in [4.78, 5) is 22.4. The van der Waals surface area contributed by atoms with Crippen LogP contribution in [0.25, 0.3) is 0 Å². The van der Waals surface area contributed by atoms with Crippen LogP contribution in [-0.2, 0) is 9.59 Å². The quantitative estimate of drug-likeness (QED) is 0.703. The Labute approximate surface area is 104 Å². The van der Waals surface area contributed by atoms with E-state index in [9.17, 15) is 9.59 Å². The lowest BCUT2D eigenvalue weighted by Gasteiger charge is -2.17. The van der Waals surface area contributed by atoms with Gasteiger partial charge in [0.15, 0.2) is 0 Å². The fourth-order valence-corrected chi connectivity index (χ4v) is 1.41. The molecule has 1 aromatic carbocycles. The maximum Gasteiger partial charge on any atom is 0.317 e. The molecule has 0 aromatic heterocycles. The molecule has 0 saturated heterocycles. The first-order chi connectivity index (χ1) is 8.58. The second-order valence-electron chi connectivity index (χ2n) is 3.66. The number of aliphatic carboxylic acids is 2. The van der Waals surface area contributed by atoms with Gasteiger partial charge in [0, 0.05) is 6.54 Å². The van der Waals surface area contributed by atoms with Gasteiger partial charge in [-0.05, 0) is 12.1 Å². The van der Waals surface area contributed by atoms with E-state index < -0.39 is 11.9 Å². The minimum absolute atomic E-state index is 0.241. The smallest absolute Gasteiger partial charge is 0.317 e. The van der Waals surface area contributed by atoms with Gasteiger partial charge in [0.2, 0.25) is 0 Å². The van der Waals surface area contributed by atoms with E-state index in [1.54, 1.807) is 12.1 Å². The van der Waals surface area contributed by atoms with Crippen LogP contribution in [0.15, 0.2) is 30.3 Å². The zero-order valence-corrected chi connectivity index (χ0v) is 9.78. The summed E-state index contributed by atoms with van der Waals surface area (Å²) in [5.74, 6) is -1.45. The van der Waals surface area contributed by atoms with Crippen molar-refractivity contribution in [1.82, 2.24) is 4.90 Å². The van der Waals surface area contributed by atoms with Crippen LogP contribution < -0.4 is 4.74 Å². The van der Waals surface area contributed by atoms with Gasteiger partial charge in [-0.1, -0.05) is 18.2 Å². The van der Waals surface area contributed by atoms with Gasteiger partial charge in [-0.25, -0.2) is 0 Å². The lowest BCUT2D eigenvalue weighted by molar-refractivity contribution is -0.141. The number of hydrogen-bond acceptors (Lipinski definition) is 4. The summed E-state index contributed by atoms with van der Waals surface area (Å²) in [6, 6.07) is 9.05. The number of benzene rings is 1. The summed E-state index contributed by atoms with van der Waals surface area (Å²) >= 11 is 0. The largest absolute Gasteiger partial charge is 0.492 e. The maximum absolute atomic E-state index is 10.5. The molecule has 0 aliphatic carbocycles. The molecule has 0 amide bonds. The van der Waals surface area contributed by atoms with Crippen molar-refractivity contribution in [3.63, 3.8) is 0 Å². The first-order valence-corrected chi connectivity index (χ1v) is 5.41. The average molecular weight is 253 g/mol. The second kappa shape index (κ2) is 7.29. The van der Waals surface area contributed by atoms with Gasteiger partial charge < -0.3 is 14.9 Å². The molecular weight excluding hydrogens is 238 g/mol. The van der Waals surface area contributed by atoms with Crippen LogP contribution in [-0.4, -0.2) is 53.3 Å². The first-order valence-electron chi connectivity index (χ1n) is 5.41. The number of hydrogen-bond donors (Lipinski definition) is 2. The Bertz CT molecular complexity index is 377.